The van der Waals surface area contributed by atoms with Crippen molar-refractivity contribution in [3.05, 3.63) is 35.5 Å². The van der Waals surface area contributed by atoms with Gasteiger partial charge in [-0.25, -0.2) is 0 Å². The van der Waals surface area contributed by atoms with E-state index in [2.05, 4.69) is 30.4 Å². The van der Waals surface area contributed by atoms with Crippen molar-refractivity contribution in [1.29, 1.82) is 0 Å². The van der Waals surface area contributed by atoms with Crippen LogP contribution in [0.15, 0.2) is 28.8 Å². The van der Waals surface area contributed by atoms with Crippen LogP contribution in [-0.4, -0.2) is 23.7 Å². The highest BCUT2D eigenvalue weighted by atomic mass is 16.5. The molecule has 1 aliphatic heterocycles. The molecule has 1 amide bonds. The summed E-state index contributed by atoms with van der Waals surface area (Å²) in [7, 11) is 0. The average Bonchev–Trinajstić information content (AvgIpc) is 3.12. The predicted molar refractivity (Wildman–Crippen MR) is 87.4 cm³/mol. The molecule has 2 aromatic rings. The highest BCUT2D eigenvalue weighted by Gasteiger charge is 2.20. The van der Waals surface area contributed by atoms with E-state index in [1.807, 2.05) is 18.2 Å². The Hall–Kier alpha value is -2.30. The minimum absolute atomic E-state index is 0.0190. The van der Waals surface area contributed by atoms with E-state index in [1.54, 1.807) is 0 Å². The van der Waals surface area contributed by atoms with Crippen molar-refractivity contribution < 1.29 is 14.1 Å². The lowest BCUT2D eigenvalue weighted by Crippen LogP contribution is -2.26. The molecule has 23 heavy (non-hydrogen) atoms. The number of aromatic nitrogens is 1. The van der Waals surface area contributed by atoms with E-state index < -0.39 is 0 Å². The lowest BCUT2D eigenvalue weighted by atomic mass is 10.1. The Labute approximate surface area is 136 Å². The van der Waals surface area contributed by atoms with E-state index in [1.165, 1.54) is 5.56 Å². The van der Waals surface area contributed by atoms with E-state index in [-0.39, 0.29) is 18.4 Å². The standard InChI is InChI=1S/C18H22N2O3/c1-3-4-7-19-18(21)11-15-10-17(23-20-15)13-5-6-16-14(9-13)8-12(2)22-16/h5-6,9-10,12H,3-4,7-8,11H2,1-2H3,(H,19,21). The normalized spacial score (nSPS) is 16.0. The second-order valence-corrected chi connectivity index (χ2v) is 6.02. The van der Waals surface area contributed by atoms with Crippen molar-refractivity contribution in [2.24, 2.45) is 0 Å². The number of rotatable bonds is 6. The summed E-state index contributed by atoms with van der Waals surface area (Å²) in [5.41, 5.74) is 2.80. The summed E-state index contributed by atoms with van der Waals surface area (Å²) in [5.74, 6) is 1.61. The SMILES string of the molecule is CCCCNC(=O)Cc1cc(-c2ccc3c(c2)CC(C)O3)on1. The molecule has 5 nitrogen and oxygen atoms in total. The van der Waals surface area contributed by atoms with Gasteiger partial charge in [-0.1, -0.05) is 18.5 Å². The fraction of sp³-hybridized carbons (Fsp3) is 0.444. The number of fused-ring (bicyclic) bond motifs is 1. The topological polar surface area (TPSA) is 64.4 Å². The number of unbranched alkanes of at least 4 members (excludes halogenated alkanes) is 1. The lowest BCUT2D eigenvalue weighted by Gasteiger charge is -2.02. The van der Waals surface area contributed by atoms with E-state index in [0.29, 0.717) is 18.0 Å². The summed E-state index contributed by atoms with van der Waals surface area (Å²) < 4.78 is 11.1. The smallest absolute Gasteiger partial charge is 0.226 e. The first kappa shape index (κ1) is 15.6. The van der Waals surface area contributed by atoms with Crippen LogP contribution in [0.4, 0.5) is 0 Å². The van der Waals surface area contributed by atoms with Crippen molar-refractivity contribution >= 4 is 5.91 Å². The van der Waals surface area contributed by atoms with Gasteiger partial charge in [0.1, 0.15) is 11.9 Å². The molecule has 0 radical (unpaired) electrons. The first-order chi connectivity index (χ1) is 11.2. The van der Waals surface area contributed by atoms with Gasteiger partial charge in [-0.15, -0.1) is 0 Å². The fourth-order valence-corrected chi connectivity index (χ4v) is 2.74. The summed E-state index contributed by atoms with van der Waals surface area (Å²) in [6.45, 7) is 4.87. The van der Waals surface area contributed by atoms with Gasteiger partial charge in [-0.05, 0) is 37.1 Å². The van der Waals surface area contributed by atoms with Crippen LogP contribution < -0.4 is 10.1 Å². The second kappa shape index (κ2) is 6.86. The maximum atomic E-state index is 11.8. The van der Waals surface area contributed by atoms with Crippen molar-refractivity contribution in [3.63, 3.8) is 0 Å². The molecule has 1 N–H and O–H groups in total. The zero-order valence-corrected chi connectivity index (χ0v) is 13.6. The Morgan fingerprint density at radius 2 is 2.26 bits per heavy atom. The molecule has 0 aliphatic carbocycles. The number of carbonyl (C=O) groups excluding carboxylic acids is 1. The van der Waals surface area contributed by atoms with Crippen LogP contribution in [0, 0.1) is 0 Å². The van der Waals surface area contributed by atoms with E-state index >= 15 is 0 Å². The van der Waals surface area contributed by atoms with Crippen LogP contribution in [-0.2, 0) is 17.6 Å². The molecule has 1 unspecified atom stereocenters. The Balaban J connectivity index is 1.65. The second-order valence-electron chi connectivity index (χ2n) is 6.02. The van der Waals surface area contributed by atoms with Crippen molar-refractivity contribution in [3.8, 4) is 17.1 Å². The van der Waals surface area contributed by atoms with Crippen LogP contribution in [0.25, 0.3) is 11.3 Å². The van der Waals surface area contributed by atoms with Crippen LogP contribution in [0.5, 0.6) is 5.75 Å². The number of hydrogen-bond acceptors (Lipinski definition) is 4. The maximum absolute atomic E-state index is 11.8. The monoisotopic (exact) mass is 314 g/mol. The third-order valence-corrected chi connectivity index (χ3v) is 3.93. The molecule has 0 saturated carbocycles. The van der Waals surface area contributed by atoms with Crippen molar-refractivity contribution in [2.45, 2.75) is 45.6 Å². The van der Waals surface area contributed by atoms with E-state index in [0.717, 1.165) is 30.6 Å². The van der Waals surface area contributed by atoms with E-state index in [4.69, 9.17) is 9.26 Å². The summed E-state index contributed by atoms with van der Waals surface area (Å²) in [5, 5.41) is 6.88. The quantitative estimate of drug-likeness (QED) is 0.832. The summed E-state index contributed by atoms with van der Waals surface area (Å²) in [6.07, 6.45) is 3.43. The molecule has 122 valence electrons. The Morgan fingerprint density at radius 1 is 1.39 bits per heavy atom. The molecular weight excluding hydrogens is 292 g/mol. The third kappa shape index (κ3) is 3.73. The fourth-order valence-electron chi connectivity index (χ4n) is 2.74. The van der Waals surface area contributed by atoms with Gasteiger partial charge in [0.15, 0.2) is 5.76 Å². The predicted octanol–water partition coefficient (Wildman–Crippen LogP) is 3.12. The molecular formula is C18H22N2O3. The molecule has 1 aliphatic rings. The molecule has 1 aromatic heterocycles. The Morgan fingerprint density at radius 3 is 3.09 bits per heavy atom. The van der Waals surface area contributed by atoms with Gasteiger partial charge in [0.05, 0.1) is 12.1 Å². The van der Waals surface area contributed by atoms with E-state index in [9.17, 15) is 4.79 Å². The number of hydrogen-bond donors (Lipinski definition) is 1. The van der Waals surface area contributed by atoms with Gasteiger partial charge in [-0.2, -0.15) is 0 Å². The molecule has 2 heterocycles. The minimum atomic E-state index is -0.0190. The highest BCUT2D eigenvalue weighted by molar-refractivity contribution is 5.78. The zero-order chi connectivity index (χ0) is 16.2. The van der Waals surface area contributed by atoms with Gasteiger partial charge >= 0.3 is 0 Å². The van der Waals surface area contributed by atoms with Gasteiger partial charge in [0.2, 0.25) is 5.91 Å². The Kier molecular flexibility index (Phi) is 4.65. The van der Waals surface area contributed by atoms with Crippen LogP contribution in [0.2, 0.25) is 0 Å². The molecule has 0 bridgehead atoms. The molecule has 0 fully saturated rings. The van der Waals surface area contributed by atoms with Crippen LogP contribution in [0.1, 0.15) is 37.9 Å². The number of nitrogens with zero attached hydrogens (tertiary/aromatic N) is 1. The van der Waals surface area contributed by atoms with Crippen LogP contribution >= 0.6 is 0 Å². The lowest BCUT2D eigenvalue weighted by molar-refractivity contribution is -0.120. The minimum Gasteiger partial charge on any atom is -0.490 e. The summed E-state index contributed by atoms with van der Waals surface area (Å²) >= 11 is 0. The number of carbonyl (C=O) groups is 1. The largest absolute Gasteiger partial charge is 0.490 e. The molecule has 0 spiro atoms. The first-order valence-electron chi connectivity index (χ1n) is 8.18. The number of ether oxygens (including phenoxy) is 1. The van der Waals surface area contributed by atoms with Gasteiger partial charge in [0, 0.05) is 24.6 Å². The van der Waals surface area contributed by atoms with Crippen LogP contribution in [0.3, 0.4) is 0 Å². The zero-order valence-electron chi connectivity index (χ0n) is 13.6. The summed E-state index contributed by atoms with van der Waals surface area (Å²) in [6, 6.07) is 7.83. The number of nitrogens with one attached hydrogen (secondary N) is 1. The summed E-state index contributed by atoms with van der Waals surface area (Å²) in [4.78, 5) is 11.8. The maximum Gasteiger partial charge on any atom is 0.226 e. The molecule has 5 heteroatoms. The number of benzene rings is 1. The van der Waals surface area contributed by atoms with Crippen molar-refractivity contribution in [2.75, 3.05) is 6.54 Å². The molecule has 3 rings (SSSR count). The molecule has 1 atom stereocenters. The Bertz CT molecular complexity index is 693. The van der Waals surface area contributed by atoms with Gasteiger partial charge in [0.25, 0.3) is 0 Å². The van der Waals surface area contributed by atoms with Crippen molar-refractivity contribution in [1.82, 2.24) is 10.5 Å². The first-order valence-corrected chi connectivity index (χ1v) is 8.18. The molecule has 1 aromatic carbocycles. The molecule has 0 saturated heterocycles. The van der Waals surface area contributed by atoms with Gasteiger partial charge in [-0.3, -0.25) is 4.79 Å². The third-order valence-electron chi connectivity index (χ3n) is 3.93. The van der Waals surface area contributed by atoms with Gasteiger partial charge < -0.3 is 14.6 Å². The number of amides is 1. The average molecular weight is 314 g/mol. The highest BCUT2D eigenvalue weighted by Crippen LogP contribution is 2.33.